The van der Waals surface area contributed by atoms with Crippen LogP contribution in [0.2, 0.25) is 0 Å². The minimum Gasteiger partial charge on any atom is -0.481 e. The molecule has 1 fully saturated rings. The van der Waals surface area contributed by atoms with E-state index in [1.807, 2.05) is 0 Å². The number of ether oxygens (including phenoxy) is 1. The molecule has 1 unspecified atom stereocenters. The van der Waals surface area contributed by atoms with Crippen LogP contribution < -0.4 is 4.74 Å². The Morgan fingerprint density at radius 1 is 1.28 bits per heavy atom. The van der Waals surface area contributed by atoms with Crippen LogP contribution in [0.4, 0.5) is 0 Å². The summed E-state index contributed by atoms with van der Waals surface area (Å²) >= 11 is 0. The van der Waals surface area contributed by atoms with E-state index in [9.17, 15) is 5.11 Å². The monoisotopic (exact) mass is 250 g/mol. The zero-order valence-electron chi connectivity index (χ0n) is 11.0. The molecule has 0 spiro atoms. The SMILES string of the molecule is COc1cc(CC(O)C2CCCCCC2)ncn1. The summed E-state index contributed by atoms with van der Waals surface area (Å²) in [5.41, 5.74) is 0.860. The lowest BCUT2D eigenvalue weighted by atomic mass is 9.91. The van der Waals surface area contributed by atoms with Gasteiger partial charge in [-0.1, -0.05) is 25.7 Å². The molecule has 0 bridgehead atoms. The normalized spacial score (nSPS) is 19.2. The molecule has 4 nitrogen and oxygen atoms in total. The molecule has 1 heterocycles. The molecular formula is C14H22N2O2. The highest BCUT2D eigenvalue weighted by molar-refractivity contribution is 5.14. The first kappa shape index (κ1) is 13.3. The van der Waals surface area contributed by atoms with E-state index < -0.39 is 0 Å². The Morgan fingerprint density at radius 2 is 2.00 bits per heavy atom. The van der Waals surface area contributed by atoms with Gasteiger partial charge in [-0.05, 0) is 18.8 Å². The Balaban J connectivity index is 1.94. The van der Waals surface area contributed by atoms with Gasteiger partial charge in [-0.15, -0.1) is 0 Å². The van der Waals surface area contributed by atoms with Crippen molar-refractivity contribution >= 4 is 0 Å². The first-order valence-electron chi connectivity index (χ1n) is 6.82. The predicted octanol–water partition coefficient (Wildman–Crippen LogP) is 2.36. The zero-order chi connectivity index (χ0) is 12.8. The van der Waals surface area contributed by atoms with Crippen molar-refractivity contribution in [3.05, 3.63) is 18.1 Å². The van der Waals surface area contributed by atoms with Gasteiger partial charge in [0.1, 0.15) is 6.33 Å². The fourth-order valence-electron chi connectivity index (χ4n) is 2.68. The molecule has 18 heavy (non-hydrogen) atoms. The highest BCUT2D eigenvalue weighted by Crippen LogP contribution is 2.27. The van der Waals surface area contributed by atoms with Crippen molar-refractivity contribution in [1.82, 2.24) is 9.97 Å². The van der Waals surface area contributed by atoms with Gasteiger partial charge in [0.25, 0.3) is 0 Å². The Hall–Kier alpha value is -1.16. The van der Waals surface area contributed by atoms with Crippen LogP contribution in [0, 0.1) is 5.92 Å². The van der Waals surface area contributed by atoms with Crippen molar-refractivity contribution in [1.29, 1.82) is 0 Å². The van der Waals surface area contributed by atoms with E-state index in [4.69, 9.17) is 4.74 Å². The van der Waals surface area contributed by atoms with Crippen molar-refractivity contribution in [3.63, 3.8) is 0 Å². The molecule has 1 saturated carbocycles. The van der Waals surface area contributed by atoms with Crippen LogP contribution in [0.3, 0.4) is 0 Å². The summed E-state index contributed by atoms with van der Waals surface area (Å²) in [6.45, 7) is 0. The van der Waals surface area contributed by atoms with Crippen molar-refractivity contribution in [3.8, 4) is 5.88 Å². The zero-order valence-corrected chi connectivity index (χ0v) is 11.0. The Morgan fingerprint density at radius 3 is 2.67 bits per heavy atom. The highest BCUT2D eigenvalue weighted by Gasteiger charge is 2.21. The molecule has 0 aromatic carbocycles. The van der Waals surface area contributed by atoms with Crippen molar-refractivity contribution in [2.75, 3.05) is 7.11 Å². The number of hydrogen-bond donors (Lipinski definition) is 1. The van der Waals surface area contributed by atoms with Crippen molar-refractivity contribution in [2.45, 2.75) is 51.0 Å². The average Bonchev–Trinajstić information content (AvgIpc) is 2.68. The van der Waals surface area contributed by atoms with Gasteiger partial charge >= 0.3 is 0 Å². The lowest BCUT2D eigenvalue weighted by Gasteiger charge is -2.20. The molecular weight excluding hydrogens is 228 g/mol. The quantitative estimate of drug-likeness (QED) is 0.833. The van der Waals surface area contributed by atoms with Crippen LogP contribution in [0.25, 0.3) is 0 Å². The fourth-order valence-corrected chi connectivity index (χ4v) is 2.68. The summed E-state index contributed by atoms with van der Waals surface area (Å²) in [7, 11) is 1.59. The molecule has 0 saturated heterocycles. The van der Waals surface area contributed by atoms with E-state index in [1.54, 1.807) is 13.2 Å². The standard InChI is InChI=1S/C14H22N2O2/c1-18-14-9-12(15-10-16-14)8-13(17)11-6-4-2-3-5-7-11/h9-11,13,17H,2-8H2,1H3. The molecule has 1 aromatic heterocycles. The summed E-state index contributed by atoms with van der Waals surface area (Å²) in [4.78, 5) is 8.17. The van der Waals surface area contributed by atoms with Gasteiger partial charge in [-0.2, -0.15) is 0 Å². The summed E-state index contributed by atoms with van der Waals surface area (Å²) < 4.78 is 5.07. The first-order valence-corrected chi connectivity index (χ1v) is 6.82. The van der Waals surface area contributed by atoms with Crippen LogP contribution in [-0.2, 0) is 6.42 Å². The van der Waals surface area contributed by atoms with Gasteiger partial charge in [0.05, 0.1) is 18.9 Å². The fraction of sp³-hybridized carbons (Fsp3) is 0.714. The van der Waals surface area contributed by atoms with Crippen molar-refractivity contribution in [2.24, 2.45) is 5.92 Å². The van der Waals surface area contributed by atoms with Crippen LogP contribution in [0.15, 0.2) is 12.4 Å². The minimum atomic E-state index is -0.289. The Bertz CT molecular complexity index is 363. The van der Waals surface area contributed by atoms with E-state index in [1.165, 1.54) is 32.0 Å². The maximum atomic E-state index is 10.3. The minimum absolute atomic E-state index is 0.289. The maximum absolute atomic E-state index is 10.3. The average molecular weight is 250 g/mol. The summed E-state index contributed by atoms with van der Waals surface area (Å²) in [6.07, 6.45) is 9.20. The number of methoxy groups -OCH3 is 1. The second kappa shape index (κ2) is 6.69. The molecule has 100 valence electrons. The maximum Gasteiger partial charge on any atom is 0.216 e. The highest BCUT2D eigenvalue weighted by atomic mass is 16.5. The number of rotatable bonds is 4. The molecule has 1 atom stereocenters. The molecule has 0 amide bonds. The van der Waals surface area contributed by atoms with E-state index in [0.717, 1.165) is 18.5 Å². The van der Waals surface area contributed by atoms with Gasteiger partial charge in [0.15, 0.2) is 0 Å². The summed E-state index contributed by atoms with van der Waals surface area (Å²) in [5.74, 6) is 0.988. The molecule has 1 aliphatic rings. The number of aromatic nitrogens is 2. The summed E-state index contributed by atoms with van der Waals surface area (Å²) in [6, 6.07) is 1.81. The molecule has 1 N–H and O–H groups in total. The van der Waals surface area contributed by atoms with Crippen molar-refractivity contribution < 1.29 is 9.84 Å². The Kier molecular flexibility index (Phi) is 4.93. The Labute approximate surface area is 108 Å². The number of hydrogen-bond acceptors (Lipinski definition) is 4. The van der Waals surface area contributed by atoms with Gasteiger partial charge in [0.2, 0.25) is 5.88 Å². The first-order chi connectivity index (χ1) is 8.79. The lowest BCUT2D eigenvalue weighted by molar-refractivity contribution is 0.0976. The third-order valence-electron chi connectivity index (χ3n) is 3.77. The lowest BCUT2D eigenvalue weighted by Crippen LogP contribution is -2.23. The van der Waals surface area contributed by atoms with E-state index in [2.05, 4.69) is 9.97 Å². The second-order valence-electron chi connectivity index (χ2n) is 5.07. The predicted molar refractivity (Wildman–Crippen MR) is 69.5 cm³/mol. The number of aliphatic hydroxyl groups excluding tert-OH is 1. The molecule has 1 aromatic rings. The molecule has 2 rings (SSSR count). The van der Waals surface area contributed by atoms with Gasteiger partial charge < -0.3 is 9.84 Å². The van der Waals surface area contributed by atoms with Gasteiger partial charge in [-0.25, -0.2) is 9.97 Å². The smallest absolute Gasteiger partial charge is 0.216 e. The van der Waals surface area contributed by atoms with Crippen LogP contribution >= 0.6 is 0 Å². The van der Waals surface area contributed by atoms with E-state index >= 15 is 0 Å². The molecule has 0 aliphatic heterocycles. The third kappa shape index (κ3) is 3.67. The van der Waals surface area contributed by atoms with E-state index in [-0.39, 0.29) is 6.10 Å². The van der Waals surface area contributed by atoms with Crippen LogP contribution in [0.5, 0.6) is 5.88 Å². The molecule has 0 radical (unpaired) electrons. The van der Waals surface area contributed by atoms with E-state index in [0.29, 0.717) is 18.2 Å². The third-order valence-corrected chi connectivity index (χ3v) is 3.77. The number of aliphatic hydroxyl groups is 1. The molecule has 4 heteroatoms. The summed E-state index contributed by atoms with van der Waals surface area (Å²) in [5, 5.41) is 10.3. The topological polar surface area (TPSA) is 55.2 Å². The largest absolute Gasteiger partial charge is 0.481 e. The van der Waals surface area contributed by atoms with Crippen LogP contribution in [0.1, 0.15) is 44.2 Å². The second-order valence-corrected chi connectivity index (χ2v) is 5.07. The van der Waals surface area contributed by atoms with Gasteiger partial charge in [0, 0.05) is 12.5 Å². The van der Waals surface area contributed by atoms with Gasteiger partial charge in [-0.3, -0.25) is 0 Å². The molecule has 1 aliphatic carbocycles. The number of nitrogens with zero attached hydrogens (tertiary/aromatic N) is 2. The van der Waals surface area contributed by atoms with Crippen LogP contribution in [-0.4, -0.2) is 28.3 Å².